The molecule has 0 spiro atoms. The second kappa shape index (κ2) is 5.53. The molecule has 0 fully saturated rings. The molecule has 0 saturated carbocycles. The van der Waals surface area contributed by atoms with Gasteiger partial charge in [0, 0.05) is 6.07 Å². The van der Waals surface area contributed by atoms with Crippen LogP contribution < -0.4 is 15.2 Å². The van der Waals surface area contributed by atoms with Crippen molar-refractivity contribution in [1.29, 1.82) is 0 Å². The van der Waals surface area contributed by atoms with Gasteiger partial charge in [0.2, 0.25) is 5.88 Å². The molecule has 0 aliphatic carbocycles. The highest BCUT2D eigenvalue weighted by Gasteiger charge is 2.08. The Bertz CT molecular complexity index is 567. The molecule has 0 unspecified atom stereocenters. The monoisotopic (exact) mass is 261 g/mol. The van der Waals surface area contributed by atoms with E-state index in [0.717, 1.165) is 5.56 Å². The van der Waals surface area contributed by atoms with Gasteiger partial charge in [-0.15, -0.1) is 0 Å². The lowest BCUT2D eigenvalue weighted by Crippen LogP contribution is -1.99. The summed E-state index contributed by atoms with van der Waals surface area (Å²) >= 11 is 0. The molecule has 100 valence electrons. The predicted octanol–water partition coefficient (Wildman–Crippen LogP) is 1.66. The Hall–Kier alpha value is -2.34. The molecule has 0 bridgehead atoms. The number of rotatable bonds is 4. The summed E-state index contributed by atoms with van der Waals surface area (Å²) in [4.78, 5) is 8.10. The van der Waals surface area contributed by atoms with Crippen molar-refractivity contribution < 1.29 is 14.6 Å². The predicted molar refractivity (Wildman–Crippen MR) is 70.2 cm³/mol. The number of ether oxygens (including phenoxy) is 2. The summed E-state index contributed by atoms with van der Waals surface area (Å²) < 4.78 is 10.8. The number of benzene rings is 1. The Morgan fingerprint density at radius 2 is 2.00 bits per heavy atom. The van der Waals surface area contributed by atoms with Crippen molar-refractivity contribution in [3.05, 3.63) is 35.7 Å². The van der Waals surface area contributed by atoms with Gasteiger partial charge < -0.3 is 20.3 Å². The fourth-order valence-electron chi connectivity index (χ4n) is 1.62. The van der Waals surface area contributed by atoms with E-state index < -0.39 is 0 Å². The number of nitrogen functional groups attached to an aromatic ring is 1. The molecule has 3 N–H and O–H groups in total. The Kier molecular flexibility index (Phi) is 3.82. The van der Waals surface area contributed by atoms with Crippen molar-refractivity contribution in [3.8, 4) is 17.4 Å². The maximum atomic E-state index is 9.08. The molecule has 1 heterocycles. The summed E-state index contributed by atoms with van der Waals surface area (Å²) in [5.74, 6) is 2.23. The Balaban J connectivity index is 2.32. The first-order chi connectivity index (χ1) is 9.12. The molecule has 0 aliphatic heterocycles. The molecule has 1 aromatic carbocycles. The van der Waals surface area contributed by atoms with Crippen LogP contribution in [0.5, 0.6) is 17.4 Å². The molecule has 19 heavy (non-hydrogen) atoms. The van der Waals surface area contributed by atoms with E-state index >= 15 is 0 Å². The van der Waals surface area contributed by atoms with Crippen LogP contribution in [-0.4, -0.2) is 22.2 Å². The second-order valence-corrected chi connectivity index (χ2v) is 3.92. The minimum atomic E-state index is -0.0593. The van der Waals surface area contributed by atoms with E-state index in [0.29, 0.717) is 29.0 Å². The van der Waals surface area contributed by atoms with Crippen molar-refractivity contribution in [2.24, 2.45) is 0 Å². The molecule has 0 radical (unpaired) electrons. The first-order valence-corrected chi connectivity index (χ1v) is 5.69. The van der Waals surface area contributed by atoms with E-state index in [1.54, 1.807) is 25.1 Å². The average molecular weight is 261 g/mol. The summed E-state index contributed by atoms with van der Waals surface area (Å²) in [5.41, 5.74) is 6.37. The zero-order valence-electron chi connectivity index (χ0n) is 10.8. The van der Waals surface area contributed by atoms with Crippen LogP contribution >= 0.6 is 0 Å². The van der Waals surface area contributed by atoms with Crippen LogP contribution in [0.4, 0.5) is 5.82 Å². The van der Waals surface area contributed by atoms with Gasteiger partial charge in [-0.05, 0) is 24.6 Å². The zero-order chi connectivity index (χ0) is 13.8. The average Bonchev–Trinajstić information content (AvgIpc) is 2.38. The number of anilines is 1. The van der Waals surface area contributed by atoms with Gasteiger partial charge in [-0.2, -0.15) is 4.98 Å². The maximum Gasteiger partial charge on any atom is 0.224 e. The lowest BCUT2D eigenvalue weighted by Gasteiger charge is -2.11. The van der Waals surface area contributed by atoms with Crippen LogP contribution in [0.1, 0.15) is 11.4 Å². The van der Waals surface area contributed by atoms with Crippen molar-refractivity contribution in [2.75, 3.05) is 12.8 Å². The van der Waals surface area contributed by atoms with Crippen LogP contribution in [0.25, 0.3) is 0 Å². The van der Waals surface area contributed by atoms with Crippen LogP contribution in [0.3, 0.4) is 0 Å². The number of aliphatic hydroxyl groups excluding tert-OH is 1. The molecule has 6 nitrogen and oxygen atoms in total. The smallest absolute Gasteiger partial charge is 0.224 e. The zero-order valence-corrected chi connectivity index (χ0v) is 10.8. The molecule has 2 rings (SSSR count). The molecule has 1 aromatic heterocycles. The summed E-state index contributed by atoms with van der Waals surface area (Å²) in [5, 5.41) is 9.08. The topological polar surface area (TPSA) is 90.5 Å². The fraction of sp³-hybridized carbons (Fsp3) is 0.231. The first-order valence-electron chi connectivity index (χ1n) is 5.69. The lowest BCUT2D eigenvalue weighted by atomic mass is 10.2. The van der Waals surface area contributed by atoms with Gasteiger partial charge >= 0.3 is 0 Å². The molecule has 0 amide bonds. The van der Waals surface area contributed by atoms with E-state index in [1.165, 1.54) is 13.2 Å². The Labute approximate surface area is 110 Å². The summed E-state index contributed by atoms with van der Waals surface area (Å²) in [7, 11) is 1.53. The largest absolute Gasteiger partial charge is 0.493 e. The number of aromatic nitrogens is 2. The molecular formula is C13H15N3O3. The van der Waals surface area contributed by atoms with E-state index in [-0.39, 0.29) is 6.61 Å². The van der Waals surface area contributed by atoms with Crippen molar-refractivity contribution in [1.82, 2.24) is 9.97 Å². The van der Waals surface area contributed by atoms with Gasteiger partial charge in [0.1, 0.15) is 11.6 Å². The summed E-state index contributed by atoms with van der Waals surface area (Å²) in [6.45, 7) is 1.67. The minimum absolute atomic E-state index is 0.0593. The van der Waals surface area contributed by atoms with E-state index in [1.807, 2.05) is 0 Å². The normalized spacial score (nSPS) is 10.3. The van der Waals surface area contributed by atoms with Crippen molar-refractivity contribution >= 4 is 5.82 Å². The van der Waals surface area contributed by atoms with Gasteiger partial charge in [0.25, 0.3) is 0 Å². The van der Waals surface area contributed by atoms with E-state index in [4.69, 9.17) is 20.3 Å². The van der Waals surface area contributed by atoms with Gasteiger partial charge in [0.15, 0.2) is 11.5 Å². The third kappa shape index (κ3) is 3.11. The highest BCUT2D eigenvalue weighted by Crippen LogP contribution is 2.31. The molecule has 0 saturated heterocycles. The van der Waals surface area contributed by atoms with Crippen molar-refractivity contribution in [2.45, 2.75) is 13.5 Å². The number of hydrogen-bond acceptors (Lipinski definition) is 6. The van der Waals surface area contributed by atoms with E-state index in [9.17, 15) is 0 Å². The highest BCUT2D eigenvalue weighted by molar-refractivity contribution is 5.45. The fourth-order valence-corrected chi connectivity index (χ4v) is 1.62. The molecule has 0 atom stereocenters. The number of hydrogen-bond donors (Lipinski definition) is 2. The van der Waals surface area contributed by atoms with Crippen LogP contribution in [-0.2, 0) is 6.61 Å². The second-order valence-electron chi connectivity index (χ2n) is 3.92. The standard InChI is InChI=1S/C13H15N3O3/c1-8-15-12(14)6-13(16-8)19-10-4-3-9(7-17)5-11(10)18-2/h3-6,17H,7H2,1-2H3,(H2,14,15,16). The Morgan fingerprint density at radius 1 is 1.21 bits per heavy atom. The lowest BCUT2D eigenvalue weighted by molar-refractivity contribution is 0.280. The first kappa shape index (κ1) is 13.1. The van der Waals surface area contributed by atoms with Gasteiger partial charge in [-0.25, -0.2) is 4.98 Å². The number of aryl methyl sites for hydroxylation is 1. The van der Waals surface area contributed by atoms with Crippen molar-refractivity contribution in [3.63, 3.8) is 0 Å². The van der Waals surface area contributed by atoms with E-state index in [2.05, 4.69) is 9.97 Å². The number of methoxy groups -OCH3 is 1. The summed E-state index contributed by atoms with van der Waals surface area (Å²) in [6.07, 6.45) is 0. The summed E-state index contributed by atoms with van der Waals surface area (Å²) in [6, 6.07) is 6.69. The number of nitrogens with zero attached hydrogens (tertiary/aromatic N) is 2. The number of nitrogens with two attached hydrogens (primary N) is 1. The third-order valence-corrected chi connectivity index (χ3v) is 2.46. The molecular weight excluding hydrogens is 246 g/mol. The van der Waals surface area contributed by atoms with Crippen LogP contribution in [0.15, 0.2) is 24.3 Å². The van der Waals surface area contributed by atoms with Gasteiger partial charge in [-0.3, -0.25) is 0 Å². The quantitative estimate of drug-likeness (QED) is 0.869. The maximum absolute atomic E-state index is 9.08. The Morgan fingerprint density at radius 3 is 2.63 bits per heavy atom. The SMILES string of the molecule is COc1cc(CO)ccc1Oc1cc(N)nc(C)n1. The molecule has 6 heteroatoms. The molecule has 0 aliphatic rings. The third-order valence-electron chi connectivity index (χ3n) is 2.46. The highest BCUT2D eigenvalue weighted by atomic mass is 16.5. The number of aliphatic hydroxyl groups is 1. The molecule has 2 aromatic rings. The van der Waals surface area contributed by atoms with Gasteiger partial charge in [0.05, 0.1) is 13.7 Å². The van der Waals surface area contributed by atoms with Gasteiger partial charge in [-0.1, -0.05) is 6.07 Å². The van der Waals surface area contributed by atoms with Crippen LogP contribution in [0, 0.1) is 6.92 Å². The van der Waals surface area contributed by atoms with Crippen LogP contribution in [0.2, 0.25) is 0 Å². The minimum Gasteiger partial charge on any atom is -0.493 e.